The Morgan fingerprint density at radius 1 is 1.56 bits per heavy atom. The molecule has 3 heteroatoms. The molecule has 0 aromatic carbocycles. The summed E-state index contributed by atoms with van der Waals surface area (Å²) in [6.07, 6.45) is 4.23. The van der Waals surface area contributed by atoms with E-state index in [0.717, 1.165) is 30.5 Å². The first-order valence-corrected chi connectivity index (χ1v) is 6.62. The Labute approximate surface area is 109 Å². The van der Waals surface area contributed by atoms with E-state index in [4.69, 9.17) is 4.42 Å². The Morgan fingerprint density at radius 3 is 2.78 bits per heavy atom. The fourth-order valence-corrected chi connectivity index (χ4v) is 2.16. The van der Waals surface area contributed by atoms with E-state index in [9.17, 15) is 5.11 Å². The van der Waals surface area contributed by atoms with Crippen LogP contribution in [0.2, 0.25) is 0 Å². The van der Waals surface area contributed by atoms with E-state index in [1.807, 2.05) is 19.1 Å². The summed E-state index contributed by atoms with van der Waals surface area (Å²) in [6.45, 7) is 9.84. The molecule has 3 nitrogen and oxygen atoms in total. The van der Waals surface area contributed by atoms with Crippen LogP contribution in [0.5, 0.6) is 0 Å². The van der Waals surface area contributed by atoms with Crippen molar-refractivity contribution in [1.29, 1.82) is 0 Å². The van der Waals surface area contributed by atoms with Gasteiger partial charge in [-0.15, -0.1) is 6.58 Å². The molecule has 1 unspecified atom stereocenters. The van der Waals surface area contributed by atoms with Gasteiger partial charge in [0.15, 0.2) is 0 Å². The van der Waals surface area contributed by atoms with E-state index in [1.54, 1.807) is 13.0 Å². The highest BCUT2D eigenvalue weighted by atomic mass is 16.3. The van der Waals surface area contributed by atoms with Crippen molar-refractivity contribution in [3.05, 3.63) is 36.3 Å². The van der Waals surface area contributed by atoms with Gasteiger partial charge in [-0.25, -0.2) is 0 Å². The summed E-state index contributed by atoms with van der Waals surface area (Å²) in [7, 11) is 0. The molecule has 1 aromatic heterocycles. The Hall–Kier alpha value is -1.06. The Balaban J connectivity index is 1.97. The van der Waals surface area contributed by atoms with Crippen molar-refractivity contribution < 1.29 is 9.52 Å². The molecule has 1 aromatic rings. The fourth-order valence-electron chi connectivity index (χ4n) is 2.16. The van der Waals surface area contributed by atoms with Crippen molar-refractivity contribution in [2.24, 2.45) is 5.92 Å². The van der Waals surface area contributed by atoms with Crippen molar-refractivity contribution in [3.8, 4) is 0 Å². The van der Waals surface area contributed by atoms with Crippen LogP contribution < -0.4 is 0 Å². The molecule has 2 rings (SSSR count). The Bertz CT molecular complexity index is 404. The minimum atomic E-state index is -0.837. The molecule has 1 aliphatic rings. The van der Waals surface area contributed by atoms with Crippen LogP contribution in [0.15, 0.2) is 29.2 Å². The first kappa shape index (κ1) is 13.4. The summed E-state index contributed by atoms with van der Waals surface area (Å²) in [5, 5.41) is 10.1. The van der Waals surface area contributed by atoms with Crippen LogP contribution in [0.3, 0.4) is 0 Å². The number of hydrogen-bond acceptors (Lipinski definition) is 3. The van der Waals surface area contributed by atoms with Gasteiger partial charge in [-0.1, -0.05) is 6.08 Å². The molecule has 18 heavy (non-hydrogen) atoms. The number of hydrogen-bond donors (Lipinski definition) is 1. The van der Waals surface area contributed by atoms with Gasteiger partial charge in [0.1, 0.15) is 11.5 Å². The normalized spacial score (nSPS) is 18.9. The molecule has 0 saturated heterocycles. The molecular formula is C15H23NO2. The van der Waals surface area contributed by atoms with Gasteiger partial charge < -0.3 is 9.52 Å². The molecule has 0 aliphatic heterocycles. The predicted octanol–water partition coefficient (Wildman–Crippen LogP) is 2.74. The Morgan fingerprint density at radius 2 is 2.28 bits per heavy atom. The maximum absolute atomic E-state index is 10.1. The van der Waals surface area contributed by atoms with Crippen LogP contribution in [0.25, 0.3) is 0 Å². The van der Waals surface area contributed by atoms with Gasteiger partial charge in [0.05, 0.1) is 12.1 Å². The zero-order valence-corrected chi connectivity index (χ0v) is 11.4. The predicted molar refractivity (Wildman–Crippen MR) is 72.3 cm³/mol. The summed E-state index contributed by atoms with van der Waals surface area (Å²) in [6, 6.07) is 3.99. The molecule has 0 bridgehead atoms. The summed E-state index contributed by atoms with van der Waals surface area (Å²) in [4.78, 5) is 2.26. The third kappa shape index (κ3) is 4.00. The SMILES string of the molecule is C=CC(C)(O)CN(Cc1ccc(C)o1)CC1CC1. The zero-order valence-electron chi connectivity index (χ0n) is 11.4. The molecule has 1 heterocycles. The molecule has 1 saturated carbocycles. The van der Waals surface area contributed by atoms with Crippen LogP contribution in [0, 0.1) is 12.8 Å². The van der Waals surface area contributed by atoms with Gasteiger partial charge in [-0.3, -0.25) is 4.90 Å². The van der Waals surface area contributed by atoms with Crippen LogP contribution >= 0.6 is 0 Å². The first-order chi connectivity index (χ1) is 8.48. The zero-order chi connectivity index (χ0) is 13.2. The molecule has 0 amide bonds. The number of aryl methyl sites for hydroxylation is 1. The topological polar surface area (TPSA) is 36.6 Å². The van der Waals surface area contributed by atoms with Gasteiger partial charge in [-0.05, 0) is 44.7 Å². The van der Waals surface area contributed by atoms with Crippen molar-refractivity contribution in [3.63, 3.8) is 0 Å². The third-order valence-electron chi connectivity index (χ3n) is 3.37. The van der Waals surface area contributed by atoms with Crippen LogP contribution in [-0.2, 0) is 6.54 Å². The maximum atomic E-state index is 10.1. The smallest absolute Gasteiger partial charge is 0.118 e. The second-order valence-corrected chi connectivity index (χ2v) is 5.69. The molecule has 1 atom stereocenters. The average molecular weight is 249 g/mol. The van der Waals surface area contributed by atoms with E-state index >= 15 is 0 Å². The quantitative estimate of drug-likeness (QED) is 0.755. The molecule has 100 valence electrons. The van der Waals surface area contributed by atoms with E-state index in [2.05, 4.69) is 11.5 Å². The largest absolute Gasteiger partial charge is 0.465 e. The molecule has 0 spiro atoms. The van der Waals surface area contributed by atoms with Gasteiger partial charge in [0.25, 0.3) is 0 Å². The lowest BCUT2D eigenvalue weighted by atomic mass is 10.1. The number of furan rings is 1. The van der Waals surface area contributed by atoms with E-state index in [-0.39, 0.29) is 0 Å². The summed E-state index contributed by atoms with van der Waals surface area (Å²) in [5.41, 5.74) is -0.837. The minimum absolute atomic E-state index is 0.604. The fraction of sp³-hybridized carbons (Fsp3) is 0.600. The van der Waals surface area contributed by atoms with Crippen LogP contribution in [0.1, 0.15) is 31.3 Å². The van der Waals surface area contributed by atoms with Crippen molar-refractivity contribution in [2.75, 3.05) is 13.1 Å². The lowest BCUT2D eigenvalue weighted by molar-refractivity contribution is 0.0541. The van der Waals surface area contributed by atoms with E-state index in [1.165, 1.54) is 12.8 Å². The highest BCUT2D eigenvalue weighted by Crippen LogP contribution is 2.30. The lowest BCUT2D eigenvalue weighted by Gasteiger charge is -2.28. The van der Waals surface area contributed by atoms with Crippen molar-refractivity contribution in [2.45, 2.75) is 38.8 Å². The maximum Gasteiger partial charge on any atom is 0.118 e. The minimum Gasteiger partial charge on any atom is -0.465 e. The number of rotatable bonds is 7. The highest BCUT2D eigenvalue weighted by molar-refractivity contribution is 5.06. The molecular weight excluding hydrogens is 226 g/mol. The lowest BCUT2D eigenvalue weighted by Crippen LogP contribution is -2.40. The monoisotopic (exact) mass is 249 g/mol. The molecule has 1 aliphatic carbocycles. The van der Waals surface area contributed by atoms with Gasteiger partial charge in [0.2, 0.25) is 0 Å². The van der Waals surface area contributed by atoms with Gasteiger partial charge in [0, 0.05) is 13.1 Å². The summed E-state index contributed by atoms with van der Waals surface area (Å²) < 4.78 is 5.61. The van der Waals surface area contributed by atoms with Crippen LogP contribution in [0.4, 0.5) is 0 Å². The van der Waals surface area contributed by atoms with Crippen molar-refractivity contribution >= 4 is 0 Å². The molecule has 1 fully saturated rings. The second-order valence-electron chi connectivity index (χ2n) is 5.69. The molecule has 0 radical (unpaired) electrons. The standard InChI is InChI=1S/C15H23NO2/c1-4-15(3,17)11-16(9-13-6-7-13)10-14-8-5-12(2)18-14/h4-5,8,13,17H,1,6-7,9-11H2,2-3H3. The highest BCUT2D eigenvalue weighted by Gasteiger charge is 2.28. The van der Waals surface area contributed by atoms with Gasteiger partial charge >= 0.3 is 0 Å². The van der Waals surface area contributed by atoms with Crippen LogP contribution in [-0.4, -0.2) is 28.7 Å². The third-order valence-corrected chi connectivity index (χ3v) is 3.37. The summed E-state index contributed by atoms with van der Waals surface area (Å²) in [5.74, 6) is 2.70. The molecule has 1 N–H and O–H groups in total. The summed E-state index contributed by atoms with van der Waals surface area (Å²) >= 11 is 0. The Kier molecular flexibility index (Phi) is 3.93. The number of nitrogens with zero attached hydrogens (tertiary/aromatic N) is 1. The van der Waals surface area contributed by atoms with E-state index < -0.39 is 5.60 Å². The van der Waals surface area contributed by atoms with E-state index in [0.29, 0.717) is 6.54 Å². The van der Waals surface area contributed by atoms with Gasteiger partial charge in [-0.2, -0.15) is 0 Å². The average Bonchev–Trinajstić information content (AvgIpc) is 3.01. The second kappa shape index (κ2) is 5.29. The number of aliphatic hydroxyl groups is 1. The van der Waals surface area contributed by atoms with Crippen molar-refractivity contribution in [1.82, 2.24) is 4.90 Å². The first-order valence-electron chi connectivity index (χ1n) is 6.62.